The molecule has 84 valence electrons. The van der Waals surface area contributed by atoms with Crippen molar-refractivity contribution in [2.24, 2.45) is 0 Å². The minimum absolute atomic E-state index is 0.341. The van der Waals surface area contributed by atoms with Crippen LogP contribution >= 0.6 is 0 Å². The fourth-order valence-electron chi connectivity index (χ4n) is 1.51. The standard InChI is InChI=1S/C11H15N5/c1-8(2)10-5-3-9(4-6-10)7-16-11(12)13-14-15-16/h3-6,8H,7H2,1-2H3,(H2,12,13,15). The lowest BCUT2D eigenvalue weighted by Gasteiger charge is -2.06. The molecular formula is C11H15N5. The maximum atomic E-state index is 5.59. The van der Waals surface area contributed by atoms with Gasteiger partial charge in [-0.05, 0) is 27.5 Å². The Balaban J connectivity index is 2.14. The van der Waals surface area contributed by atoms with Gasteiger partial charge in [-0.1, -0.05) is 43.2 Å². The normalized spacial score (nSPS) is 10.9. The van der Waals surface area contributed by atoms with Crippen LogP contribution in [0.5, 0.6) is 0 Å². The number of hydrogen-bond acceptors (Lipinski definition) is 4. The summed E-state index contributed by atoms with van der Waals surface area (Å²) >= 11 is 0. The summed E-state index contributed by atoms with van der Waals surface area (Å²) in [6, 6.07) is 8.41. The lowest BCUT2D eigenvalue weighted by Crippen LogP contribution is -2.06. The van der Waals surface area contributed by atoms with Crippen LogP contribution < -0.4 is 5.73 Å². The predicted molar refractivity (Wildman–Crippen MR) is 61.9 cm³/mol. The molecule has 0 saturated heterocycles. The van der Waals surface area contributed by atoms with Crippen LogP contribution in [0.3, 0.4) is 0 Å². The molecule has 0 aliphatic carbocycles. The lowest BCUT2D eigenvalue weighted by molar-refractivity contribution is 0.654. The van der Waals surface area contributed by atoms with Gasteiger partial charge in [-0.3, -0.25) is 0 Å². The Morgan fingerprint density at radius 1 is 1.25 bits per heavy atom. The van der Waals surface area contributed by atoms with Gasteiger partial charge in [0, 0.05) is 0 Å². The molecule has 0 fully saturated rings. The quantitative estimate of drug-likeness (QED) is 0.844. The molecule has 0 aliphatic rings. The van der Waals surface area contributed by atoms with Crippen molar-refractivity contribution in [1.29, 1.82) is 0 Å². The van der Waals surface area contributed by atoms with E-state index in [-0.39, 0.29) is 0 Å². The van der Waals surface area contributed by atoms with E-state index in [2.05, 4.69) is 53.6 Å². The molecule has 0 amide bonds. The first-order valence-corrected chi connectivity index (χ1v) is 5.27. The monoisotopic (exact) mass is 217 g/mol. The molecule has 2 N–H and O–H groups in total. The summed E-state index contributed by atoms with van der Waals surface area (Å²) in [5.41, 5.74) is 8.06. The Morgan fingerprint density at radius 2 is 1.94 bits per heavy atom. The van der Waals surface area contributed by atoms with Gasteiger partial charge >= 0.3 is 0 Å². The van der Waals surface area contributed by atoms with Crippen molar-refractivity contribution in [3.63, 3.8) is 0 Å². The number of rotatable bonds is 3. The smallest absolute Gasteiger partial charge is 0.240 e. The van der Waals surface area contributed by atoms with Crippen LogP contribution in [0.25, 0.3) is 0 Å². The molecule has 0 aliphatic heterocycles. The summed E-state index contributed by atoms with van der Waals surface area (Å²) in [4.78, 5) is 0. The van der Waals surface area contributed by atoms with E-state index in [4.69, 9.17) is 5.73 Å². The fraction of sp³-hybridized carbons (Fsp3) is 0.364. The number of nitrogens with two attached hydrogens (primary N) is 1. The molecule has 1 aromatic heterocycles. The molecule has 0 radical (unpaired) electrons. The zero-order chi connectivity index (χ0) is 11.5. The molecule has 5 heteroatoms. The molecule has 0 bridgehead atoms. The van der Waals surface area contributed by atoms with Gasteiger partial charge in [0.2, 0.25) is 5.95 Å². The Hall–Kier alpha value is -1.91. The molecule has 2 rings (SSSR count). The molecule has 1 aromatic carbocycles. The first-order valence-electron chi connectivity index (χ1n) is 5.27. The summed E-state index contributed by atoms with van der Waals surface area (Å²) in [5.74, 6) is 0.889. The molecule has 5 nitrogen and oxygen atoms in total. The predicted octanol–water partition coefficient (Wildman–Crippen LogP) is 1.43. The van der Waals surface area contributed by atoms with Gasteiger partial charge in [-0.25, -0.2) is 4.68 Å². The van der Waals surface area contributed by atoms with E-state index in [0.717, 1.165) is 5.56 Å². The van der Waals surface area contributed by atoms with Crippen LogP contribution in [0.1, 0.15) is 30.9 Å². The van der Waals surface area contributed by atoms with Crippen LogP contribution in [-0.4, -0.2) is 20.2 Å². The Kier molecular flexibility index (Phi) is 2.85. The number of aromatic nitrogens is 4. The van der Waals surface area contributed by atoms with E-state index in [1.807, 2.05) is 0 Å². The van der Waals surface area contributed by atoms with Crippen molar-refractivity contribution in [1.82, 2.24) is 20.2 Å². The Labute approximate surface area is 94.3 Å². The Bertz CT molecular complexity index is 457. The first kappa shape index (κ1) is 10.6. The third kappa shape index (κ3) is 2.18. The molecule has 16 heavy (non-hydrogen) atoms. The van der Waals surface area contributed by atoms with Crippen molar-refractivity contribution >= 4 is 5.95 Å². The van der Waals surface area contributed by atoms with Crippen LogP contribution in [0.15, 0.2) is 24.3 Å². The van der Waals surface area contributed by atoms with Crippen LogP contribution in [-0.2, 0) is 6.54 Å². The van der Waals surface area contributed by atoms with Gasteiger partial charge in [-0.2, -0.15) is 0 Å². The van der Waals surface area contributed by atoms with Crippen molar-refractivity contribution < 1.29 is 0 Å². The van der Waals surface area contributed by atoms with Gasteiger partial charge < -0.3 is 5.73 Å². The zero-order valence-corrected chi connectivity index (χ0v) is 9.46. The van der Waals surface area contributed by atoms with Gasteiger partial charge in [0.25, 0.3) is 0 Å². The number of nitrogen functional groups attached to an aromatic ring is 1. The second-order valence-corrected chi connectivity index (χ2v) is 4.09. The van der Waals surface area contributed by atoms with Crippen molar-refractivity contribution in [2.75, 3.05) is 5.73 Å². The maximum Gasteiger partial charge on any atom is 0.240 e. The van der Waals surface area contributed by atoms with Crippen LogP contribution in [0.4, 0.5) is 5.95 Å². The van der Waals surface area contributed by atoms with E-state index in [1.54, 1.807) is 4.68 Å². The van der Waals surface area contributed by atoms with Crippen LogP contribution in [0.2, 0.25) is 0 Å². The van der Waals surface area contributed by atoms with Crippen molar-refractivity contribution in [2.45, 2.75) is 26.3 Å². The van der Waals surface area contributed by atoms with E-state index >= 15 is 0 Å². The lowest BCUT2D eigenvalue weighted by atomic mass is 10.0. The second kappa shape index (κ2) is 4.30. The van der Waals surface area contributed by atoms with E-state index < -0.39 is 0 Å². The van der Waals surface area contributed by atoms with E-state index in [1.165, 1.54) is 5.56 Å². The molecule has 0 unspecified atom stereocenters. The number of tetrazole rings is 1. The average Bonchev–Trinajstić information content (AvgIpc) is 2.65. The maximum absolute atomic E-state index is 5.59. The highest BCUT2D eigenvalue weighted by atomic mass is 15.6. The summed E-state index contributed by atoms with van der Waals surface area (Å²) in [7, 11) is 0. The molecule has 1 heterocycles. The Morgan fingerprint density at radius 3 is 2.44 bits per heavy atom. The number of hydrogen-bond donors (Lipinski definition) is 1. The summed E-state index contributed by atoms with van der Waals surface area (Å²) in [6.45, 7) is 4.96. The topological polar surface area (TPSA) is 69.6 Å². The second-order valence-electron chi connectivity index (χ2n) is 4.09. The third-order valence-corrected chi connectivity index (χ3v) is 2.54. The molecule has 0 spiro atoms. The van der Waals surface area contributed by atoms with Gasteiger partial charge in [0.1, 0.15) is 0 Å². The van der Waals surface area contributed by atoms with Crippen molar-refractivity contribution in [3.8, 4) is 0 Å². The third-order valence-electron chi connectivity index (χ3n) is 2.54. The van der Waals surface area contributed by atoms with E-state index in [0.29, 0.717) is 18.4 Å². The number of benzene rings is 1. The number of anilines is 1. The van der Waals surface area contributed by atoms with E-state index in [9.17, 15) is 0 Å². The molecule has 0 atom stereocenters. The fourth-order valence-corrected chi connectivity index (χ4v) is 1.51. The summed E-state index contributed by atoms with van der Waals surface area (Å²) in [6.07, 6.45) is 0. The van der Waals surface area contributed by atoms with Crippen molar-refractivity contribution in [3.05, 3.63) is 35.4 Å². The van der Waals surface area contributed by atoms with Gasteiger partial charge in [0.15, 0.2) is 0 Å². The minimum Gasteiger partial charge on any atom is -0.367 e. The molecule has 0 saturated carbocycles. The van der Waals surface area contributed by atoms with Gasteiger partial charge in [-0.15, -0.1) is 0 Å². The summed E-state index contributed by atoms with van der Waals surface area (Å²) in [5, 5.41) is 10.9. The highest BCUT2D eigenvalue weighted by molar-refractivity contribution is 5.25. The SMILES string of the molecule is CC(C)c1ccc(Cn2nnnc2N)cc1. The molecule has 2 aromatic rings. The minimum atomic E-state index is 0.341. The molecular weight excluding hydrogens is 202 g/mol. The largest absolute Gasteiger partial charge is 0.367 e. The summed E-state index contributed by atoms with van der Waals surface area (Å²) < 4.78 is 1.57. The highest BCUT2D eigenvalue weighted by Gasteiger charge is 2.03. The highest BCUT2D eigenvalue weighted by Crippen LogP contribution is 2.15. The number of nitrogens with zero attached hydrogens (tertiary/aromatic N) is 4. The average molecular weight is 217 g/mol. The van der Waals surface area contributed by atoms with Crippen LogP contribution in [0, 0.1) is 0 Å². The zero-order valence-electron chi connectivity index (χ0n) is 9.46. The van der Waals surface area contributed by atoms with Gasteiger partial charge in [0.05, 0.1) is 6.54 Å². The first-order chi connectivity index (χ1) is 7.66.